The van der Waals surface area contributed by atoms with E-state index in [4.69, 9.17) is 16.3 Å². The molecule has 0 saturated heterocycles. The van der Waals surface area contributed by atoms with Crippen molar-refractivity contribution < 1.29 is 22.7 Å². The number of amides is 2. The number of ether oxygens (including phenoxy) is 1. The molecule has 0 spiro atoms. The summed E-state index contributed by atoms with van der Waals surface area (Å²) in [6, 6.07) is 19.0. The van der Waals surface area contributed by atoms with Crippen LogP contribution in [0.5, 0.6) is 5.75 Å². The van der Waals surface area contributed by atoms with E-state index < -0.39 is 28.5 Å². The fraction of sp³-hybridized carbons (Fsp3) is 0.286. The van der Waals surface area contributed by atoms with Crippen molar-refractivity contribution in [2.24, 2.45) is 0 Å². The number of halogens is 1. The Hall–Kier alpha value is -3.56. The zero-order valence-electron chi connectivity index (χ0n) is 21.8. The summed E-state index contributed by atoms with van der Waals surface area (Å²) < 4.78 is 33.8. The lowest BCUT2D eigenvalue weighted by molar-refractivity contribution is -0.140. The molecule has 0 saturated carbocycles. The van der Waals surface area contributed by atoms with Gasteiger partial charge < -0.3 is 15.0 Å². The van der Waals surface area contributed by atoms with Crippen molar-refractivity contribution in [2.75, 3.05) is 25.0 Å². The predicted octanol–water partition coefficient (Wildman–Crippen LogP) is 4.41. The number of nitrogens with one attached hydrogen (secondary N) is 1. The standard InChI is InChI=1S/C28H32ClN3O5S/c1-5-26(28(34)30-3)31(18-21-11-9-20(2)10-12-21)27(33)19-32(23-8-6-7-22(29)17-23)38(35,36)25-15-13-24(37-4)14-16-25/h6-17,26H,5,18-19H2,1-4H3,(H,30,34). The topological polar surface area (TPSA) is 96.0 Å². The molecule has 38 heavy (non-hydrogen) atoms. The van der Waals surface area contributed by atoms with Gasteiger partial charge in [0.15, 0.2) is 0 Å². The smallest absolute Gasteiger partial charge is 0.264 e. The van der Waals surface area contributed by atoms with Crippen molar-refractivity contribution in [3.8, 4) is 5.75 Å². The second kappa shape index (κ2) is 12.8. The van der Waals surface area contributed by atoms with Gasteiger partial charge in [0.25, 0.3) is 10.0 Å². The Bertz CT molecular complexity index is 1360. The summed E-state index contributed by atoms with van der Waals surface area (Å²) in [7, 11) is -1.20. The minimum Gasteiger partial charge on any atom is -0.497 e. The molecule has 0 radical (unpaired) electrons. The first-order valence-electron chi connectivity index (χ1n) is 12.1. The first kappa shape index (κ1) is 29.0. The van der Waals surface area contributed by atoms with Crippen LogP contribution in [0.1, 0.15) is 24.5 Å². The Kier molecular flexibility index (Phi) is 9.77. The molecule has 0 aromatic heterocycles. The third kappa shape index (κ3) is 6.85. The molecule has 0 aliphatic carbocycles. The SMILES string of the molecule is CCC(C(=O)NC)N(Cc1ccc(C)cc1)C(=O)CN(c1cccc(Cl)c1)S(=O)(=O)c1ccc(OC)cc1. The lowest BCUT2D eigenvalue weighted by Crippen LogP contribution is -2.51. The highest BCUT2D eigenvalue weighted by Crippen LogP contribution is 2.28. The summed E-state index contributed by atoms with van der Waals surface area (Å²) in [5.74, 6) is -0.367. The molecular weight excluding hydrogens is 526 g/mol. The molecule has 0 aliphatic heterocycles. The number of carbonyl (C=O) groups excluding carboxylic acids is 2. The van der Waals surface area contributed by atoms with E-state index in [0.29, 0.717) is 17.2 Å². The maximum atomic E-state index is 13.9. The van der Waals surface area contributed by atoms with E-state index in [1.165, 1.54) is 49.4 Å². The largest absolute Gasteiger partial charge is 0.497 e. The molecular formula is C28H32ClN3O5S. The fourth-order valence-electron chi connectivity index (χ4n) is 4.01. The van der Waals surface area contributed by atoms with Gasteiger partial charge in [-0.1, -0.05) is 54.4 Å². The van der Waals surface area contributed by atoms with Crippen LogP contribution >= 0.6 is 11.6 Å². The first-order valence-corrected chi connectivity index (χ1v) is 13.9. The van der Waals surface area contributed by atoms with E-state index in [1.807, 2.05) is 31.2 Å². The van der Waals surface area contributed by atoms with Gasteiger partial charge in [-0.2, -0.15) is 0 Å². The molecule has 3 aromatic carbocycles. The summed E-state index contributed by atoms with van der Waals surface area (Å²) in [6.45, 7) is 3.36. The average molecular weight is 558 g/mol. The molecule has 202 valence electrons. The number of likely N-dealkylation sites (N-methyl/N-ethyl adjacent to an activating group) is 1. The molecule has 0 heterocycles. The fourth-order valence-corrected chi connectivity index (χ4v) is 5.60. The second-order valence-electron chi connectivity index (χ2n) is 8.71. The van der Waals surface area contributed by atoms with Crippen LogP contribution in [0.25, 0.3) is 0 Å². The Morgan fingerprint density at radius 3 is 2.24 bits per heavy atom. The highest BCUT2D eigenvalue weighted by molar-refractivity contribution is 7.92. The Morgan fingerprint density at radius 1 is 1.03 bits per heavy atom. The third-order valence-corrected chi connectivity index (χ3v) is 8.15. The van der Waals surface area contributed by atoms with Gasteiger partial charge in [-0.3, -0.25) is 13.9 Å². The van der Waals surface area contributed by atoms with Gasteiger partial charge in [-0.25, -0.2) is 8.42 Å². The van der Waals surface area contributed by atoms with Crippen molar-refractivity contribution >= 4 is 39.1 Å². The summed E-state index contributed by atoms with van der Waals surface area (Å²) >= 11 is 6.19. The van der Waals surface area contributed by atoms with Crippen molar-refractivity contribution in [1.29, 1.82) is 0 Å². The third-order valence-electron chi connectivity index (χ3n) is 6.13. The molecule has 0 aliphatic rings. The summed E-state index contributed by atoms with van der Waals surface area (Å²) in [4.78, 5) is 28.0. The second-order valence-corrected chi connectivity index (χ2v) is 11.0. The van der Waals surface area contributed by atoms with E-state index in [9.17, 15) is 18.0 Å². The lowest BCUT2D eigenvalue weighted by atomic mass is 10.1. The zero-order chi connectivity index (χ0) is 27.9. The van der Waals surface area contributed by atoms with Crippen molar-refractivity contribution in [3.63, 3.8) is 0 Å². The van der Waals surface area contributed by atoms with E-state index in [-0.39, 0.29) is 23.0 Å². The van der Waals surface area contributed by atoms with Gasteiger partial charge in [-0.15, -0.1) is 0 Å². The van der Waals surface area contributed by atoms with Crippen LogP contribution in [0, 0.1) is 6.92 Å². The number of hydrogen-bond donors (Lipinski definition) is 1. The molecule has 0 bridgehead atoms. The monoisotopic (exact) mass is 557 g/mol. The van der Waals surface area contributed by atoms with Crippen LogP contribution in [0.4, 0.5) is 5.69 Å². The number of rotatable bonds is 11. The first-order chi connectivity index (χ1) is 18.1. The molecule has 8 nitrogen and oxygen atoms in total. The minimum atomic E-state index is -4.19. The summed E-state index contributed by atoms with van der Waals surface area (Å²) in [5, 5.41) is 2.93. The van der Waals surface area contributed by atoms with Crippen molar-refractivity contribution in [1.82, 2.24) is 10.2 Å². The van der Waals surface area contributed by atoms with Crippen LogP contribution in [-0.4, -0.2) is 51.9 Å². The number of carbonyl (C=O) groups is 2. The zero-order valence-corrected chi connectivity index (χ0v) is 23.4. The van der Waals surface area contributed by atoms with Crippen LogP contribution in [0.15, 0.2) is 77.7 Å². The van der Waals surface area contributed by atoms with Crippen LogP contribution in [0.3, 0.4) is 0 Å². The van der Waals surface area contributed by atoms with Crippen molar-refractivity contribution in [3.05, 3.63) is 88.9 Å². The maximum Gasteiger partial charge on any atom is 0.264 e. The molecule has 2 amide bonds. The van der Waals surface area contributed by atoms with Gasteiger partial charge in [-0.05, 0) is 61.4 Å². The number of nitrogens with zero attached hydrogens (tertiary/aromatic N) is 2. The normalized spacial score (nSPS) is 11.9. The number of sulfonamides is 1. The molecule has 1 N–H and O–H groups in total. The van der Waals surface area contributed by atoms with Crippen LogP contribution < -0.4 is 14.4 Å². The predicted molar refractivity (Wildman–Crippen MR) is 149 cm³/mol. The Labute approximate surface area is 229 Å². The van der Waals surface area contributed by atoms with Gasteiger partial charge in [0.1, 0.15) is 18.3 Å². The highest BCUT2D eigenvalue weighted by Gasteiger charge is 2.33. The molecule has 3 rings (SSSR count). The van der Waals surface area contributed by atoms with Gasteiger partial charge in [0.2, 0.25) is 11.8 Å². The summed E-state index contributed by atoms with van der Waals surface area (Å²) in [6.07, 6.45) is 0.347. The average Bonchev–Trinajstić information content (AvgIpc) is 2.92. The Morgan fingerprint density at radius 2 is 1.68 bits per heavy atom. The Balaban J connectivity index is 2.05. The molecule has 3 aromatic rings. The van der Waals surface area contributed by atoms with Gasteiger partial charge >= 0.3 is 0 Å². The lowest BCUT2D eigenvalue weighted by Gasteiger charge is -2.33. The van der Waals surface area contributed by atoms with Crippen molar-refractivity contribution in [2.45, 2.75) is 37.8 Å². The van der Waals surface area contributed by atoms with Crippen LogP contribution in [0.2, 0.25) is 5.02 Å². The molecule has 1 atom stereocenters. The number of hydrogen-bond acceptors (Lipinski definition) is 5. The number of methoxy groups -OCH3 is 1. The number of anilines is 1. The van der Waals surface area contributed by atoms with E-state index in [0.717, 1.165) is 15.4 Å². The molecule has 1 unspecified atom stereocenters. The van der Waals surface area contributed by atoms with Gasteiger partial charge in [0.05, 0.1) is 17.7 Å². The minimum absolute atomic E-state index is 0.0190. The quantitative estimate of drug-likeness (QED) is 0.377. The van der Waals surface area contributed by atoms with Crippen LogP contribution in [-0.2, 0) is 26.2 Å². The summed E-state index contributed by atoms with van der Waals surface area (Å²) in [5.41, 5.74) is 2.10. The number of aryl methyl sites for hydroxylation is 1. The van der Waals surface area contributed by atoms with E-state index in [2.05, 4.69) is 5.32 Å². The van der Waals surface area contributed by atoms with E-state index in [1.54, 1.807) is 25.1 Å². The molecule has 10 heteroatoms. The maximum absolute atomic E-state index is 13.9. The highest BCUT2D eigenvalue weighted by atomic mass is 35.5. The molecule has 0 fully saturated rings. The van der Waals surface area contributed by atoms with E-state index >= 15 is 0 Å². The number of benzene rings is 3. The van der Waals surface area contributed by atoms with Gasteiger partial charge in [0, 0.05) is 18.6 Å².